The number of rotatable bonds is 2. The molecule has 0 radical (unpaired) electrons. The van der Waals surface area contributed by atoms with Crippen LogP contribution in [0, 0.1) is 0 Å². The van der Waals surface area contributed by atoms with Gasteiger partial charge in [-0.25, -0.2) is 0 Å². The van der Waals surface area contributed by atoms with Gasteiger partial charge in [0.05, 0.1) is 5.02 Å². The standard InChI is InChI=1S/C15H14Cl3N3O/c16-10-2-1-3-11(8-10)20-4-6-21(7-5-20)15(22)13-9-12(17)14(18)19-13/h1-3,8-9,19H,4-7H2. The van der Waals surface area contributed by atoms with E-state index in [0.29, 0.717) is 34.0 Å². The Hall–Kier alpha value is -1.36. The van der Waals surface area contributed by atoms with Crippen LogP contribution in [-0.2, 0) is 0 Å². The molecule has 1 fully saturated rings. The van der Waals surface area contributed by atoms with Crippen molar-refractivity contribution in [3.8, 4) is 0 Å². The van der Waals surface area contributed by atoms with Crippen molar-refractivity contribution in [3.05, 3.63) is 51.2 Å². The fraction of sp³-hybridized carbons (Fsp3) is 0.267. The Balaban J connectivity index is 1.65. The summed E-state index contributed by atoms with van der Waals surface area (Å²) in [4.78, 5) is 19.2. The van der Waals surface area contributed by atoms with Gasteiger partial charge in [-0.15, -0.1) is 0 Å². The van der Waals surface area contributed by atoms with E-state index in [-0.39, 0.29) is 5.91 Å². The van der Waals surface area contributed by atoms with E-state index in [1.54, 1.807) is 11.0 Å². The number of hydrogen-bond donors (Lipinski definition) is 1. The molecule has 1 aromatic heterocycles. The average Bonchev–Trinajstić information content (AvgIpc) is 2.86. The number of piperazine rings is 1. The average molecular weight is 359 g/mol. The van der Waals surface area contributed by atoms with Crippen LogP contribution in [0.4, 0.5) is 5.69 Å². The molecule has 3 rings (SSSR count). The van der Waals surface area contributed by atoms with Crippen LogP contribution in [0.3, 0.4) is 0 Å². The molecule has 1 aromatic carbocycles. The predicted octanol–water partition coefficient (Wildman–Crippen LogP) is 3.94. The molecule has 22 heavy (non-hydrogen) atoms. The molecule has 0 unspecified atom stereocenters. The number of hydrogen-bond acceptors (Lipinski definition) is 2. The Morgan fingerprint density at radius 1 is 1.05 bits per heavy atom. The van der Waals surface area contributed by atoms with Crippen LogP contribution in [-0.4, -0.2) is 42.0 Å². The van der Waals surface area contributed by atoms with Gasteiger partial charge in [-0.3, -0.25) is 4.79 Å². The van der Waals surface area contributed by atoms with Gasteiger partial charge in [0, 0.05) is 36.9 Å². The summed E-state index contributed by atoms with van der Waals surface area (Å²) in [7, 11) is 0. The minimum Gasteiger partial charge on any atom is -0.368 e. The molecule has 0 spiro atoms. The van der Waals surface area contributed by atoms with E-state index in [0.717, 1.165) is 18.8 Å². The maximum atomic E-state index is 12.4. The van der Waals surface area contributed by atoms with Crippen molar-refractivity contribution in [2.24, 2.45) is 0 Å². The molecule has 116 valence electrons. The number of carbonyl (C=O) groups excluding carboxylic acids is 1. The van der Waals surface area contributed by atoms with Crippen molar-refractivity contribution in [2.45, 2.75) is 0 Å². The normalized spacial score (nSPS) is 15.2. The van der Waals surface area contributed by atoms with Crippen molar-refractivity contribution in [1.82, 2.24) is 9.88 Å². The summed E-state index contributed by atoms with van der Waals surface area (Å²) >= 11 is 17.7. The Bertz CT molecular complexity index is 674. The van der Waals surface area contributed by atoms with Gasteiger partial charge < -0.3 is 14.8 Å². The summed E-state index contributed by atoms with van der Waals surface area (Å²) in [5, 5.41) is 1.37. The second kappa shape index (κ2) is 6.41. The van der Waals surface area contributed by atoms with Crippen molar-refractivity contribution >= 4 is 46.4 Å². The SMILES string of the molecule is O=C(c1cc(Cl)c(Cl)[nH]1)N1CCN(c2cccc(Cl)c2)CC1. The zero-order valence-corrected chi connectivity index (χ0v) is 13.9. The molecule has 4 nitrogen and oxygen atoms in total. The monoisotopic (exact) mass is 357 g/mol. The molecule has 1 saturated heterocycles. The number of nitrogens with zero attached hydrogens (tertiary/aromatic N) is 2. The minimum absolute atomic E-state index is 0.0838. The molecule has 2 aromatic rings. The van der Waals surface area contributed by atoms with Gasteiger partial charge in [0.25, 0.3) is 5.91 Å². The number of carbonyl (C=O) groups is 1. The lowest BCUT2D eigenvalue weighted by molar-refractivity contribution is 0.0741. The largest absolute Gasteiger partial charge is 0.368 e. The summed E-state index contributed by atoms with van der Waals surface area (Å²) < 4.78 is 0. The molecule has 1 N–H and O–H groups in total. The van der Waals surface area contributed by atoms with Gasteiger partial charge >= 0.3 is 0 Å². The summed E-state index contributed by atoms with van der Waals surface area (Å²) in [5.41, 5.74) is 1.50. The number of benzene rings is 1. The summed E-state index contributed by atoms with van der Waals surface area (Å²) in [6.07, 6.45) is 0. The van der Waals surface area contributed by atoms with Crippen molar-refractivity contribution < 1.29 is 4.79 Å². The van der Waals surface area contributed by atoms with E-state index < -0.39 is 0 Å². The molecule has 2 heterocycles. The first-order chi connectivity index (χ1) is 10.5. The topological polar surface area (TPSA) is 39.3 Å². The van der Waals surface area contributed by atoms with Crippen LogP contribution in [0.25, 0.3) is 0 Å². The molecular weight excluding hydrogens is 345 g/mol. The molecule has 1 aliphatic heterocycles. The zero-order chi connectivity index (χ0) is 15.7. The lowest BCUT2D eigenvalue weighted by Gasteiger charge is -2.36. The fourth-order valence-corrected chi connectivity index (χ4v) is 3.03. The first-order valence-corrected chi connectivity index (χ1v) is 8.02. The van der Waals surface area contributed by atoms with Gasteiger partial charge in [-0.1, -0.05) is 40.9 Å². The third-order valence-electron chi connectivity index (χ3n) is 3.70. The van der Waals surface area contributed by atoms with Crippen molar-refractivity contribution in [2.75, 3.05) is 31.1 Å². The van der Waals surface area contributed by atoms with E-state index in [1.165, 1.54) is 0 Å². The molecule has 0 atom stereocenters. The molecule has 0 aliphatic carbocycles. The number of aromatic nitrogens is 1. The van der Waals surface area contributed by atoms with Crippen LogP contribution in [0.15, 0.2) is 30.3 Å². The molecule has 0 bridgehead atoms. The Kier molecular flexibility index (Phi) is 4.52. The van der Waals surface area contributed by atoms with Crippen LogP contribution in [0.1, 0.15) is 10.5 Å². The van der Waals surface area contributed by atoms with Crippen LogP contribution in [0.2, 0.25) is 15.2 Å². The summed E-state index contributed by atoms with van der Waals surface area (Å²) in [6, 6.07) is 9.30. The lowest BCUT2D eigenvalue weighted by Crippen LogP contribution is -2.48. The summed E-state index contributed by atoms with van der Waals surface area (Å²) in [6.45, 7) is 2.79. The molecular formula is C15H14Cl3N3O. The van der Waals surface area contributed by atoms with Crippen LogP contribution >= 0.6 is 34.8 Å². The Labute approximate surface area is 143 Å². The van der Waals surface area contributed by atoms with Crippen LogP contribution in [0.5, 0.6) is 0 Å². The zero-order valence-electron chi connectivity index (χ0n) is 11.7. The Morgan fingerprint density at radius 3 is 2.36 bits per heavy atom. The lowest BCUT2D eigenvalue weighted by atomic mass is 10.2. The highest BCUT2D eigenvalue weighted by Gasteiger charge is 2.24. The minimum atomic E-state index is -0.0838. The Morgan fingerprint density at radius 2 is 1.77 bits per heavy atom. The van der Waals surface area contributed by atoms with Gasteiger partial charge in [0.15, 0.2) is 0 Å². The number of nitrogens with one attached hydrogen (secondary N) is 1. The smallest absolute Gasteiger partial charge is 0.270 e. The van der Waals surface area contributed by atoms with E-state index >= 15 is 0 Å². The van der Waals surface area contributed by atoms with E-state index in [1.807, 2.05) is 24.3 Å². The van der Waals surface area contributed by atoms with Crippen molar-refractivity contribution in [3.63, 3.8) is 0 Å². The molecule has 0 saturated carbocycles. The molecule has 7 heteroatoms. The van der Waals surface area contributed by atoms with E-state index in [2.05, 4.69) is 9.88 Å². The van der Waals surface area contributed by atoms with Crippen LogP contribution < -0.4 is 4.90 Å². The third-order valence-corrected chi connectivity index (χ3v) is 4.62. The first kappa shape index (κ1) is 15.5. The number of H-pyrrole nitrogens is 1. The predicted molar refractivity (Wildman–Crippen MR) is 90.4 cm³/mol. The maximum Gasteiger partial charge on any atom is 0.270 e. The van der Waals surface area contributed by atoms with E-state index in [9.17, 15) is 4.79 Å². The maximum absolute atomic E-state index is 12.4. The third kappa shape index (κ3) is 3.19. The highest BCUT2D eigenvalue weighted by atomic mass is 35.5. The first-order valence-electron chi connectivity index (χ1n) is 6.88. The summed E-state index contributed by atoms with van der Waals surface area (Å²) in [5.74, 6) is -0.0838. The molecule has 1 amide bonds. The quantitative estimate of drug-likeness (QED) is 0.883. The van der Waals surface area contributed by atoms with E-state index in [4.69, 9.17) is 34.8 Å². The number of aromatic amines is 1. The fourth-order valence-electron chi connectivity index (χ4n) is 2.53. The number of amides is 1. The second-order valence-electron chi connectivity index (χ2n) is 5.10. The van der Waals surface area contributed by atoms with Gasteiger partial charge in [0.1, 0.15) is 10.8 Å². The number of halogens is 3. The highest BCUT2D eigenvalue weighted by Crippen LogP contribution is 2.24. The van der Waals surface area contributed by atoms with Gasteiger partial charge in [-0.2, -0.15) is 0 Å². The van der Waals surface area contributed by atoms with Crippen molar-refractivity contribution in [1.29, 1.82) is 0 Å². The highest BCUT2D eigenvalue weighted by molar-refractivity contribution is 6.41. The second-order valence-corrected chi connectivity index (χ2v) is 6.33. The molecule has 1 aliphatic rings. The van der Waals surface area contributed by atoms with Gasteiger partial charge in [0.2, 0.25) is 0 Å². The van der Waals surface area contributed by atoms with Gasteiger partial charge in [-0.05, 0) is 24.3 Å². The number of anilines is 1.